The highest BCUT2D eigenvalue weighted by molar-refractivity contribution is 5.79. The number of nitrogens with one attached hydrogen (secondary N) is 2. The topological polar surface area (TPSA) is 80.9 Å². The number of guanidine groups is 1. The fraction of sp³-hybridized carbons (Fsp3) is 0.500. The lowest BCUT2D eigenvalue weighted by Gasteiger charge is -2.11. The molecule has 0 saturated heterocycles. The molecule has 7 nitrogen and oxygen atoms in total. The maximum absolute atomic E-state index is 5.69. The largest absolute Gasteiger partial charge is 0.497 e. The van der Waals surface area contributed by atoms with E-state index in [4.69, 9.17) is 14.0 Å². The highest BCUT2D eigenvalue weighted by Gasteiger charge is 2.13. The molecule has 0 aliphatic carbocycles. The average Bonchev–Trinajstić information content (AvgIpc) is 3.17. The normalized spacial score (nSPS) is 11.5. The van der Waals surface area contributed by atoms with E-state index in [-0.39, 0.29) is 0 Å². The number of hydrogen-bond acceptors (Lipinski definition) is 5. The van der Waals surface area contributed by atoms with Gasteiger partial charge in [-0.15, -0.1) is 0 Å². The van der Waals surface area contributed by atoms with Crippen molar-refractivity contribution in [1.82, 2.24) is 15.8 Å². The number of hydrogen-bond donors (Lipinski definition) is 2. The molecule has 0 spiro atoms. The minimum Gasteiger partial charge on any atom is -0.497 e. The van der Waals surface area contributed by atoms with Gasteiger partial charge in [-0.1, -0.05) is 19.0 Å². The molecule has 0 aliphatic rings. The second-order valence-electron chi connectivity index (χ2n) is 6.11. The van der Waals surface area contributed by atoms with Gasteiger partial charge < -0.3 is 24.6 Å². The van der Waals surface area contributed by atoms with Gasteiger partial charge in [0, 0.05) is 19.0 Å². The molecular weight excluding hydrogens is 344 g/mol. The van der Waals surface area contributed by atoms with E-state index < -0.39 is 0 Å². The summed E-state index contributed by atoms with van der Waals surface area (Å²) in [5, 5.41) is 10.6. The van der Waals surface area contributed by atoms with Crippen LogP contribution < -0.4 is 20.1 Å². The first-order chi connectivity index (χ1) is 13.2. The Labute approximate surface area is 161 Å². The summed E-state index contributed by atoms with van der Waals surface area (Å²) in [4.78, 5) is 4.20. The van der Waals surface area contributed by atoms with Crippen molar-refractivity contribution < 1.29 is 14.0 Å². The number of nitrogens with zero attached hydrogens (tertiary/aromatic N) is 2. The number of ether oxygens (including phenoxy) is 2. The van der Waals surface area contributed by atoms with Crippen molar-refractivity contribution in [3.8, 4) is 11.5 Å². The molecule has 1 heterocycles. The molecule has 148 valence electrons. The zero-order valence-electron chi connectivity index (χ0n) is 16.6. The van der Waals surface area contributed by atoms with Gasteiger partial charge in [0.05, 0.1) is 25.9 Å². The zero-order chi connectivity index (χ0) is 19.5. The summed E-state index contributed by atoms with van der Waals surface area (Å²) in [6, 6.07) is 9.53. The van der Waals surface area contributed by atoms with Gasteiger partial charge >= 0.3 is 0 Å². The first-order valence-electron chi connectivity index (χ1n) is 9.37. The Hall–Kier alpha value is -2.70. The van der Waals surface area contributed by atoms with Crippen molar-refractivity contribution >= 4 is 5.96 Å². The third kappa shape index (κ3) is 6.51. The van der Waals surface area contributed by atoms with Crippen molar-refractivity contribution in [3.05, 3.63) is 41.8 Å². The van der Waals surface area contributed by atoms with Crippen LogP contribution in [0.15, 0.2) is 39.8 Å². The van der Waals surface area contributed by atoms with Crippen LogP contribution in [0, 0.1) is 0 Å². The van der Waals surface area contributed by atoms with Crippen LogP contribution >= 0.6 is 0 Å². The van der Waals surface area contributed by atoms with Gasteiger partial charge in [0.1, 0.15) is 18.1 Å². The van der Waals surface area contributed by atoms with Crippen molar-refractivity contribution in [2.75, 3.05) is 27.3 Å². The zero-order valence-corrected chi connectivity index (χ0v) is 16.6. The van der Waals surface area contributed by atoms with Crippen LogP contribution in [0.3, 0.4) is 0 Å². The van der Waals surface area contributed by atoms with E-state index in [0.29, 0.717) is 31.6 Å². The summed E-state index contributed by atoms with van der Waals surface area (Å²) < 4.78 is 16.2. The minimum absolute atomic E-state index is 0.454. The van der Waals surface area contributed by atoms with E-state index in [1.165, 1.54) is 0 Å². The van der Waals surface area contributed by atoms with E-state index in [2.05, 4.69) is 34.6 Å². The molecule has 0 saturated carbocycles. The minimum atomic E-state index is 0.454. The molecular formula is C20H30N4O3. The monoisotopic (exact) mass is 374 g/mol. The lowest BCUT2D eigenvalue weighted by atomic mass is 9.99. The summed E-state index contributed by atoms with van der Waals surface area (Å²) in [7, 11) is 3.37. The van der Waals surface area contributed by atoms with Crippen molar-refractivity contribution in [3.63, 3.8) is 0 Å². The smallest absolute Gasteiger partial charge is 0.191 e. The predicted molar refractivity (Wildman–Crippen MR) is 107 cm³/mol. The Morgan fingerprint density at radius 1 is 1.15 bits per heavy atom. The molecule has 0 unspecified atom stereocenters. The molecule has 7 heteroatoms. The number of rotatable bonds is 10. The summed E-state index contributed by atoms with van der Waals surface area (Å²) in [5.41, 5.74) is 1.02. The van der Waals surface area contributed by atoms with Crippen molar-refractivity contribution in [2.24, 2.45) is 4.99 Å². The highest BCUT2D eigenvalue weighted by Crippen LogP contribution is 2.22. The molecule has 0 radical (unpaired) electrons. The van der Waals surface area contributed by atoms with Crippen LogP contribution in [0.2, 0.25) is 0 Å². The SMILES string of the molecule is CCC(CC)c1cc(CNC(=NC)NCCOc2ccc(OC)cc2)on1. The lowest BCUT2D eigenvalue weighted by molar-refractivity contribution is 0.320. The predicted octanol–water partition coefficient (Wildman–Crippen LogP) is 3.33. The molecule has 1 aromatic carbocycles. The van der Waals surface area contributed by atoms with Gasteiger partial charge in [0.15, 0.2) is 11.7 Å². The number of aliphatic imine (C=N–C) groups is 1. The van der Waals surface area contributed by atoms with Crippen LogP contribution in [-0.2, 0) is 6.54 Å². The van der Waals surface area contributed by atoms with Gasteiger partial charge in [-0.3, -0.25) is 4.99 Å². The molecule has 0 aliphatic heterocycles. The second kappa shape index (κ2) is 11.1. The molecule has 2 rings (SSSR count). The van der Waals surface area contributed by atoms with Crippen molar-refractivity contribution in [1.29, 1.82) is 0 Å². The van der Waals surface area contributed by atoms with Crippen LogP contribution in [0.5, 0.6) is 11.5 Å². The van der Waals surface area contributed by atoms with Gasteiger partial charge in [0.2, 0.25) is 0 Å². The second-order valence-corrected chi connectivity index (χ2v) is 6.11. The molecule has 1 aromatic heterocycles. The molecule has 27 heavy (non-hydrogen) atoms. The van der Waals surface area contributed by atoms with Crippen LogP contribution in [0.25, 0.3) is 0 Å². The Kier molecular flexibility index (Phi) is 8.48. The Morgan fingerprint density at radius 3 is 2.48 bits per heavy atom. The molecule has 0 atom stereocenters. The molecule has 0 amide bonds. The number of benzene rings is 1. The summed E-state index contributed by atoms with van der Waals surface area (Å²) in [6.07, 6.45) is 2.13. The van der Waals surface area contributed by atoms with Gasteiger partial charge in [0.25, 0.3) is 0 Å². The molecule has 2 N–H and O–H groups in total. The first-order valence-corrected chi connectivity index (χ1v) is 9.37. The summed E-state index contributed by atoms with van der Waals surface area (Å²) in [6.45, 7) is 6.02. The van der Waals surface area contributed by atoms with Gasteiger partial charge in [-0.2, -0.15) is 0 Å². The summed E-state index contributed by atoms with van der Waals surface area (Å²) in [5.74, 6) is 3.55. The summed E-state index contributed by atoms with van der Waals surface area (Å²) >= 11 is 0. The van der Waals surface area contributed by atoms with E-state index in [1.807, 2.05) is 30.3 Å². The fourth-order valence-electron chi connectivity index (χ4n) is 2.71. The third-order valence-electron chi connectivity index (χ3n) is 4.36. The molecule has 2 aromatic rings. The lowest BCUT2D eigenvalue weighted by Crippen LogP contribution is -2.38. The van der Waals surface area contributed by atoms with Crippen LogP contribution in [-0.4, -0.2) is 38.4 Å². The van der Waals surface area contributed by atoms with Crippen LogP contribution in [0.4, 0.5) is 0 Å². The Bertz CT molecular complexity index is 694. The van der Waals surface area contributed by atoms with E-state index >= 15 is 0 Å². The number of methoxy groups -OCH3 is 1. The van der Waals surface area contributed by atoms with Crippen LogP contribution in [0.1, 0.15) is 44.1 Å². The fourth-order valence-corrected chi connectivity index (χ4v) is 2.71. The first kappa shape index (κ1) is 20.6. The van der Waals surface area contributed by atoms with Crippen molar-refractivity contribution in [2.45, 2.75) is 39.2 Å². The van der Waals surface area contributed by atoms with Gasteiger partial charge in [-0.25, -0.2) is 0 Å². The standard InChI is InChI=1S/C20H30N4O3/c1-5-15(6-2)19-13-18(27-24-19)14-23-20(21-3)22-11-12-26-17-9-7-16(25-4)8-10-17/h7-10,13,15H,5-6,11-12,14H2,1-4H3,(H2,21,22,23). The van der Waals surface area contributed by atoms with Gasteiger partial charge in [-0.05, 0) is 37.1 Å². The third-order valence-corrected chi connectivity index (χ3v) is 4.36. The number of aromatic nitrogens is 1. The average molecular weight is 374 g/mol. The maximum atomic E-state index is 5.69. The Balaban J connectivity index is 1.71. The van der Waals surface area contributed by atoms with E-state index in [0.717, 1.165) is 35.8 Å². The highest BCUT2D eigenvalue weighted by atomic mass is 16.5. The van der Waals surface area contributed by atoms with E-state index in [9.17, 15) is 0 Å². The Morgan fingerprint density at radius 2 is 1.85 bits per heavy atom. The quantitative estimate of drug-likeness (QED) is 0.377. The molecule has 0 fully saturated rings. The van der Waals surface area contributed by atoms with E-state index in [1.54, 1.807) is 14.2 Å². The molecule has 0 bridgehead atoms. The maximum Gasteiger partial charge on any atom is 0.191 e.